The van der Waals surface area contributed by atoms with Crippen LogP contribution in [0.1, 0.15) is 37.8 Å². The number of hydrogen-bond acceptors (Lipinski definition) is 3. The van der Waals surface area contributed by atoms with Crippen LogP contribution in [-0.4, -0.2) is 25.6 Å². The molecule has 1 aliphatic carbocycles. The van der Waals surface area contributed by atoms with Gasteiger partial charge >= 0.3 is 0 Å². The number of carbonyl (C=O) groups excluding carboxylic acids is 1. The maximum Gasteiger partial charge on any atom is 0.223 e. The second-order valence-corrected chi connectivity index (χ2v) is 5.02. The van der Waals surface area contributed by atoms with Crippen LogP contribution >= 0.6 is 0 Å². The molecule has 0 bridgehead atoms. The molecule has 0 aromatic heterocycles. The van der Waals surface area contributed by atoms with Crippen molar-refractivity contribution in [2.45, 2.75) is 38.3 Å². The van der Waals surface area contributed by atoms with Crippen LogP contribution in [-0.2, 0) is 4.79 Å². The Morgan fingerprint density at radius 2 is 2.26 bits per heavy atom. The van der Waals surface area contributed by atoms with Gasteiger partial charge in [-0.2, -0.15) is 0 Å². The third-order valence-corrected chi connectivity index (χ3v) is 3.33. The van der Waals surface area contributed by atoms with Gasteiger partial charge < -0.3 is 15.4 Å². The Hall–Kier alpha value is -1.55. The zero-order chi connectivity index (χ0) is 13.7. The fourth-order valence-corrected chi connectivity index (χ4v) is 1.83. The number of rotatable bonds is 7. The fourth-order valence-electron chi connectivity index (χ4n) is 1.83. The first-order valence-corrected chi connectivity index (χ1v) is 6.88. The van der Waals surface area contributed by atoms with E-state index in [4.69, 9.17) is 4.74 Å². The minimum Gasteiger partial charge on any atom is -0.493 e. The minimum absolute atomic E-state index is 0.0854. The molecule has 1 unspecified atom stereocenters. The maximum absolute atomic E-state index is 11.5. The van der Waals surface area contributed by atoms with Crippen molar-refractivity contribution in [1.29, 1.82) is 0 Å². The van der Waals surface area contributed by atoms with Crippen molar-refractivity contribution in [3.63, 3.8) is 0 Å². The predicted octanol–water partition coefficient (Wildman–Crippen LogP) is 2.01. The van der Waals surface area contributed by atoms with Crippen LogP contribution in [0.3, 0.4) is 0 Å². The Bertz CT molecular complexity index is 430. The zero-order valence-corrected chi connectivity index (χ0v) is 11.6. The average molecular weight is 262 g/mol. The van der Waals surface area contributed by atoms with Gasteiger partial charge in [-0.25, -0.2) is 0 Å². The molecule has 4 nitrogen and oxygen atoms in total. The smallest absolute Gasteiger partial charge is 0.223 e. The van der Waals surface area contributed by atoms with Crippen LogP contribution in [0, 0.1) is 0 Å². The number of carbonyl (C=O) groups is 1. The van der Waals surface area contributed by atoms with E-state index in [0.29, 0.717) is 25.1 Å². The van der Waals surface area contributed by atoms with Gasteiger partial charge in [-0.3, -0.25) is 4.79 Å². The molecular formula is C15H22N2O2. The van der Waals surface area contributed by atoms with Crippen LogP contribution in [0.2, 0.25) is 0 Å². The quantitative estimate of drug-likeness (QED) is 0.790. The largest absolute Gasteiger partial charge is 0.493 e. The van der Waals surface area contributed by atoms with E-state index < -0.39 is 0 Å². The lowest BCUT2D eigenvalue weighted by Gasteiger charge is -2.12. The van der Waals surface area contributed by atoms with E-state index in [2.05, 4.69) is 23.6 Å². The van der Waals surface area contributed by atoms with E-state index in [1.807, 2.05) is 25.2 Å². The van der Waals surface area contributed by atoms with E-state index in [9.17, 15) is 4.79 Å². The van der Waals surface area contributed by atoms with Crippen LogP contribution in [0.15, 0.2) is 24.3 Å². The first-order chi connectivity index (χ1) is 9.19. The Morgan fingerprint density at radius 1 is 1.47 bits per heavy atom. The summed E-state index contributed by atoms with van der Waals surface area (Å²) in [5, 5.41) is 6.14. The van der Waals surface area contributed by atoms with E-state index in [1.54, 1.807) is 0 Å². The number of nitrogens with one attached hydrogen (secondary N) is 2. The third-order valence-electron chi connectivity index (χ3n) is 3.33. The summed E-state index contributed by atoms with van der Waals surface area (Å²) in [6.07, 6.45) is 2.66. The van der Waals surface area contributed by atoms with Crippen molar-refractivity contribution in [3.8, 4) is 5.75 Å². The summed E-state index contributed by atoms with van der Waals surface area (Å²) in [5.41, 5.74) is 1.18. The van der Waals surface area contributed by atoms with Crippen LogP contribution in [0.5, 0.6) is 5.75 Å². The Morgan fingerprint density at radius 3 is 2.95 bits per heavy atom. The molecular weight excluding hydrogens is 240 g/mol. The van der Waals surface area contributed by atoms with Gasteiger partial charge in [0.2, 0.25) is 5.91 Å². The monoisotopic (exact) mass is 262 g/mol. The lowest BCUT2D eigenvalue weighted by Crippen LogP contribution is -2.26. The van der Waals surface area contributed by atoms with Crippen molar-refractivity contribution in [3.05, 3.63) is 29.8 Å². The summed E-state index contributed by atoms with van der Waals surface area (Å²) in [4.78, 5) is 11.5. The van der Waals surface area contributed by atoms with Gasteiger partial charge in [-0.15, -0.1) is 0 Å². The molecule has 1 amide bonds. The molecule has 1 saturated carbocycles. The second-order valence-electron chi connectivity index (χ2n) is 5.02. The summed E-state index contributed by atoms with van der Waals surface area (Å²) in [7, 11) is 1.93. The Kier molecular flexibility index (Phi) is 4.80. The van der Waals surface area contributed by atoms with E-state index >= 15 is 0 Å². The highest BCUT2D eigenvalue weighted by Gasteiger charge is 2.22. The lowest BCUT2D eigenvalue weighted by molar-refractivity contribution is -0.121. The van der Waals surface area contributed by atoms with Crippen molar-refractivity contribution < 1.29 is 9.53 Å². The van der Waals surface area contributed by atoms with Gasteiger partial charge in [0.1, 0.15) is 5.75 Å². The van der Waals surface area contributed by atoms with Crippen molar-refractivity contribution in [1.82, 2.24) is 10.6 Å². The predicted molar refractivity (Wildman–Crippen MR) is 75.2 cm³/mol. The van der Waals surface area contributed by atoms with Crippen LogP contribution in [0.4, 0.5) is 0 Å². The molecule has 1 fully saturated rings. The van der Waals surface area contributed by atoms with Gasteiger partial charge in [-0.05, 0) is 44.5 Å². The first kappa shape index (κ1) is 13.9. The molecule has 1 aliphatic rings. The normalized spacial score (nSPS) is 15.9. The molecule has 0 spiro atoms. The highest BCUT2D eigenvalue weighted by atomic mass is 16.5. The molecule has 0 aliphatic heterocycles. The van der Waals surface area contributed by atoms with Crippen molar-refractivity contribution >= 4 is 5.91 Å². The van der Waals surface area contributed by atoms with Gasteiger partial charge in [0.15, 0.2) is 0 Å². The van der Waals surface area contributed by atoms with E-state index in [-0.39, 0.29) is 5.91 Å². The van der Waals surface area contributed by atoms with Gasteiger partial charge in [0.25, 0.3) is 0 Å². The molecule has 1 atom stereocenters. The summed E-state index contributed by atoms with van der Waals surface area (Å²) < 4.78 is 5.63. The summed E-state index contributed by atoms with van der Waals surface area (Å²) in [6.45, 7) is 2.53. The SMILES string of the molecule is CNC(C)c1cccc(OCCC(=O)NC2CC2)c1. The lowest BCUT2D eigenvalue weighted by atomic mass is 10.1. The number of ether oxygens (including phenoxy) is 1. The summed E-state index contributed by atoms with van der Waals surface area (Å²) >= 11 is 0. The molecule has 104 valence electrons. The first-order valence-electron chi connectivity index (χ1n) is 6.88. The standard InChI is InChI=1S/C15H22N2O2/c1-11(16-2)12-4-3-5-14(10-12)19-9-8-15(18)17-13-6-7-13/h3-5,10-11,13,16H,6-9H2,1-2H3,(H,17,18). The molecule has 19 heavy (non-hydrogen) atoms. The molecule has 1 aromatic carbocycles. The van der Waals surface area contributed by atoms with E-state index in [1.165, 1.54) is 5.56 Å². The highest BCUT2D eigenvalue weighted by Crippen LogP contribution is 2.20. The van der Waals surface area contributed by atoms with E-state index in [0.717, 1.165) is 18.6 Å². The Balaban J connectivity index is 1.76. The molecule has 0 heterocycles. The van der Waals surface area contributed by atoms with Crippen molar-refractivity contribution in [2.24, 2.45) is 0 Å². The summed E-state index contributed by atoms with van der Waals surface area (Å²) in [6, 6.07) is 8.69. The summed E-state index contributed by atoms with van der Waals surface area (Å²) in [5.74, 6) is 0.904. The molecule has 4 heteroatoms. The zero-order valence-electron chi connectivity index (χ0n) is 11.6. The second kappa shape index (κ2) is 6.57. The fraction of sp³-hybridized carbons (Fsp3) is 0.533. The Labute approximate surface area is 114 Å². The molecule has 1 aromatic rings. The van der Waals surface area contributed by atoms with Crippen molar-refractivity contribution in [2.75, 3.05) is 13.7 Å². The number of hydrogen-bond donors (Lipinski definition) is 2. The highest BCUT2D eigenvalue weighted by molar-refractivity contribution is 5.76. The van der Waals surface area contributed by atoms with Crippen LogP contribution < -0.4 is 15.4 Å². The average Bonchev–Trinajstić information content (AvgIpc) is 3.22. The van der Waals surface area contributed by atoms with Crippen LogP contribution in [0.25, 0.3) is 0 Å². The van der Waals surface area contributed by atoms with Gasteiger partial charge in [0.05, 0.1) is 13.0 Å². The molecule has 0 saturated heterocycles. The topological polar surface area (TPSA) is 50.4 Å². The number of benzene rings is 1. The van der Waals surface area contributed by atoms with Gasteiger partial charge in [-0.1, -0.05) is 12.1 Å². The van der Waals surface area contributed by atoms with Gasteiger partial charge in [0, 0.05) is 12.1 Å². The minimum atomic E-state index is 0.0854. The molecule has 2 N–H and O–H groups in total. The number of amides is 1. The molecule has 0 radical (unpaired) electrons. The molecule has 2 rings (SSSR count). The third kappa shape index (κ3) is 4.56. The maximum atomic E-state index is 11.5.